The fourth-order valence-electron chi connectivity index (χ4n) is 5.87. The predicted molar refractivity (Wildman–Crippen MR) is 191 cm³/mol. The molecule has 13 heteroatoms. The van der Waals surface area contributed by atoms with E-state index in [1.165, 1.54) is 17.1 Å². The number of para-hydroxylation sites is 1. The highest BCUT2D eigenvalue weighted by Crippen LogP contribution is 2.31. The number of carbonyl (C=O) groups is 3. The van der Waals surface area contributed by atoms with E-state index in [9.17, 15) is 19.5 Å². The Hall–Kier alpha value is -4.69. The van der Waals surface area contributed by atoms with E-state index in [0.717, 1.165) is 48.7 Å². The molecule has 2 aromatic heterocycles. The van der Waals surface area contributed by atoms with Crippen molar-refractivity contribution in [3.63, 3.8) is 0 Å². The van der Waals surface area contributed by atoms with Crippen molar-refractivity contribution in [3.8, 4) is 0 Å². The number of carbonyl (C=O) groups excluding carboxylic acids is 3. The highest BCUT2D eigenvalue weighted by molar-refractivity contribution is 6.13. The van der Waals surface area contributed by atoms with Gasteiger partial charge in [0.1, 0.15) is 24.6 Å². The molecule has 50 heavy (non-hydrogen) atoms. The minimum absolute atomic E-state index is 0.122. The Morgan fingerprint density at radius 2 is 1.68 bits per heavy atom. The maximum absolute atomic E-state index is 13.2. The van der Waals surface area contributed by atoms with Crippen LogP contribution in [-0.2, 0) is 38.8 Å². The molecule has 0 aliphatic carbocycles. The Kier molecular flexibility index (Phi) is 12.7. The molecule has 3 amide bonds. The molecule has 0 saturated heterocycles. The highest BCUT2D eigenvalue weighted by atomic mass is 16.5. The number of aliphatic hydroxyl groups is 1. The van der Waals surface area contributed by atoms with Crippen LogP contribution in [-0.4, -0.2) is 85.9 Å². The SMILES string of the molecule is CCOCc1nc2c(NC(=O)OCCN(Cc3ccccc3)NCCCCCCN3C(=O)C=CC3=O)nc3ccccc3c2n1CC(C)(C)O. The summed E-state index contributed by atoms with van der Waals surface area (Å²) in [6, 6.07) is 17.7. The van der Waals surface area contributed by atoms with E-state index < -0.39 is 11.7 Å². The molecule has 266 valence electrons. The number of unbranched alkanes of at least 4 members (excludes halogenated alkanes) is 3. The second-order valence-electron chi connectivity index (χ2n) is 12.9. The van der Waals surface area contributed by atoms with Crippen LogP contribution in [0.2, 0.25) is 0 Å². The molecule has 1 aliphatic rings. The summed E-state index contributed by atoms with van der Waals surface area (Å²) in [6.45, 7) is 8.73. The van der Waals surface area contributed by atoms with Gasteiger partial charge in [0.15, 0.2) is 5.82 Å². The van der Waals surface area contributed by atoms with E-state index in [1.807, 2.05) is 71.1 Å². The Labute approximate surface area is 292 Å². The van der Waals surface area contributed by atoms with Crippen LogP contribution in [0.1, 0.15) is 57.8 Å². The molecule has 2 aromatic carbocycles. The van der Waals surface area contributed by atoms with Crippen molar-refractivity contribution >= 4 is 45.7 Å². The largest absolute Gasteiger partial charge is 0.448 e. The zero-order valence-electron chi connectivity index (χ0n) is 29.1. The van der Waals surface area contributed by atoms with Crippen LogP contribution < -0.4 is 10.7 Å². The minimum atomic E-state index is -1.03. The number of nitrogens with zero attached hydrogens (tertiary/aromatic N) is 5. The van der Waals surface area contributed by atoms with Crippen LogP contribution >= 0.6 is 0 Å². The molecule has 0 bridgehead atoms. The normalized spacial score (nSPS) is 13.3. The highest BCUT2D eigenvalue weighted by Gasteiger charge is 2.24. The molecular formula is C37H47N7O6. The van der Waals surface area contributed by atoms with Gasteiger partial charge in [-0.2, -0.15) is 0 Å². The summed E-state index contributed by atoms with van der Waals surface area (Å²) in [5.74, 6) is 0.409. The quantitative estimate of drug-likeness (QED) is 0.0704. The summed E-state index contributed by atoms with van der Waals surface area (Å²) in [6.07, 6.45) is 5.50. The summed E-state index contributed by atoms with van der Waals surface area (Å²) in [7, 11) is 0. The van der Waals surface area contributed by atoms with Crippen LogP contribution in [0.3, 0.4) is 0 Å². The van der Waals surface area contributed by atoms with Gasteiger partial charge in [0.25, 0.3) is 11.8 Å². The Morgan fingerprint density at radius 3 is 2.42 bits per heavy atom. The number of nitrogens with one attached hydrogen (secondary N) is 2. The Bertz CT molecular complexity index is 1780. The molecule has 0 fully saturated rings. The Balaban J connectivity index is 1.20. The zero-order valence-corrected chi connectivity index (χ0v) is 29.1. The summed E-state index contributed by atoms with van der Waals surface area (Å²) in [4.78, 5) is 47.4. The third-order valence-electron chi connectivity index (χ3n) is 8.22. The van der Waals surface area contributed by atoms with Crippen molar-refractivity contribution in [2.45, 2.75) is 71.8 Å². The first-order valence-electron chi connectivity index (χ1n) is 17.2. The lowest BCUT2D eigenvalue weighted by Gasteiger charge is -2.23. The first-order valence-corrected chi connectivity index (χ1v) is 17.2. The van der Waals surface area contributed by atoms with Gasteiger partial charge in [-0.15, -0.1) is 0 Å². The van der Waals surface area contributed by atoms with Gasteiger partial charge in [0.05, 0.1) is 23.2 Å². The van der Waals surface area contributed by atoms with Crippen molar-refractivity contribution in [1.29, 1.82) is 0 Å². The van der Waals surface area contributed by atoms with Gasteiger partial charge in [0.2, 0.25) is 0 Å². The predicted octanol–water partition coefficient (Wildman–Crippen LogP) is 4.93. The first-order chi connectivity index (χ1) is 24.1. The third-order valence-corrected chi connectivity index (χ3v) is 8.22. The average Bonchev–Trinajstić information content (AvgIpc) is 3.61. The minimum Gasteiger partial charge on any atom is -0.448 e. The number of ether oxygens (including phenoxy) is 2. The van der Waals surface area contributed by atoms with Crippen molar-refractivity contribution in [2.75, 3.05) is 38.2 Å². The maximum atomic E-state index is 13.2. The number of benzene rings is 2. The van der Waals surface area contributed by atoms with Gasteiger partial charge in [-0.05, 0) is 45.2 Å². The van der Waals surface area contributed by atoms with Gasteiger partial charge < -0.3 is 19.1 Å². The molecular weight excluding hydrogens is 638 g/mol. The van der Waals surface area contributed by atoms with Crippen LogP contribution in [0.15, 0.2) is 66.7 Å². The molecule has 0 unspecified atom stereocenters. The van der Waals surface area contributed by atoms with Crippen molar-refractivity contribution < 1.29 is 29.0 Å². The molecule has 0 spiro atoms. The number of anilines is 1. The lowest BCUT2D eigenvalue weighted by atomic mass is 10.1. The van der Waals surface area contributed by atoms with Crippen molar-refractivity contribution in [1.82, 2.24) is 29.9 Å². The number of hydrazine groups is 1. The number of rotatable bonds is 19. The molecule has 4 aromatic rings. The standard InChI is InChI=1S/C37H47N7O6/c1-4-49-25-30-40-33-34(44(30)26-37(2,3)48)28-16-10-11-17-29(28)39-35(33)41-36(47)50-23-22-42(24-27-14-8-7-9-15-27)38-20-12-5-6-13-21-43-31(45)18-19-32(43)46/h7-11,14-19,38,48H,4-6,12-13,20-26H2,1-3H3,(H,39,41,47). The van der Waals surface area contributed by atoms with Crippen LogP contribution in [0.25, 0.3) is 21.9 Å². The number of imide groups is 1. The molecule has 0 saturated carbocycles. The van der Waals surface area contributed by atoms with E-state index in [-0.39, 0.29) is 37.4 Å². The van der Waals surface area contributed by atoms with Crippen molar-refractivity contribution in [3.05, 3.63) is 78.1 Å². The molecule has 5 rings (SSSR count). The Morgan fingerprint density at radius 1 is 0.960 bits per heavy atom. The molecule has 13 nitrogen and oxygen atoms in total. The molecule has 1 aliphatic heterocycles. The van der Waals surface area contributed by atoms with Gasteiger partial charge in [-0.1, -0.05) is 61.4 Å². The van der Waals surface area contributed by atoms with Crippen LogP contribution in [0, 0.1) is 0 Å². The fraction of sp³-hybridized carbons (Fsp3) is 0.432. The number of pyridine rings is 1. The van der Waals surface area contributed by atoms with E-state index >= 15 is 0 Å². The van der Waals surface area contributed by atoms with E-state index in [0.29, 0.717) is 43.1 Å². The number of hydrogen-bond donors (Lipinski definition) is 3. The molecule has 3 heterocycles. The second-order valence-corrected chi connectivity index (χ2v) is 12.9. The fourth-order valence-corrected chi connectivity index (χ4v) is 5.87. The molecule has 3 N–H and O–H groups in total. The zero-order chi connectivity index (χ0) is 35.5. The van der Waals surface area contributed by atoms with E-state index in [1.54, 1.807) is 13.8 Å². The molecule has 0 radical (unpaired) electrons. The number of amides is 3. The average molecular weight is 686 g/mol. The van der Waals surface area contributed by atoms with E-state index in [2.05, 4.69) is 10.7 Å². The smallest absolute Gasteiger partial charge is 0.412 e. The summed E-state index contributed by atoms with van der Waals surface area (Å²) < 4.78 is 13.3. The summed E-state index contributed by atoms with van der Waals surface area (Å²) in [5.41, 5.74) is 5.45. The van der Waals surface area contributed by atoms with Crippen LogP contribution in [0.5, 0.6) is 0 Å². The van der Waals surface area contributed by atoms with E-state index in [4.69, 9.17) is 19.4 Å². The lowest BCUT2D eigenvalue weighted by molar-refractivity contribution is -0.136. The number of aromatic nitrogens is 3. The summed E-state index contributed by atoms with van der Waals surface area (Å²) >= 11 is 0. The summed E-state index contributed by atoms with van der Waals surface area (Å²) in [5, 5.41) is 16.4. The number of imidazole rings is 1. The number of fused-ring (bicyclic) bond motifs is 3. The number of hydrogen-bond acceptors (Lipinski definition) is 10. The van der Waals surface area contributed by atoms with Crippen molar-refractivity contribution in [2.24, 2.45) is 0 Å². The van der Waals surface area contributed by atoms with Gasteiger partial charge in [-0.25, -0.2) is 19.8 Å². The third kappa shape index (κ3) is 9.94. The topological polar surface area (TPSA) is 151 Å². The van der Waals surface area contributed by atoms with Gasteiger partial charge in [-0.3, -0.25) is 25.2 Å². The molecule has 0 atom stereocenters. The van der Waals surface area contributed by atoms with Gasteiger partial charge in [0, 0.05) is 50.3 Å². The monoisotopic (exact) mass is 685 g/mol. The maximum Gasteiger partial charge on any atom is 0.412 e. The lowest BCUT2D eigenvalue weighted by Crippen LogP contribution is -2.40. The van der Waals surface area contributed by atoms with Crippen LogP contribution in [0.4, 0.5) is 10.6 Å². The first kappa shape index (κ1) is 36.6. The second kappa shape index (κ2) is 17.3. The van der Waals surface area contributed by atoms with Gasteiger partial charge >= 0.3 is 6.09 Å².